The molecule has 0 heterocycles. The number of hydrogen-bond donors (Lipinski definition) is 1. The van der Waals surface area contributed by atoms with Crippen molar-refractivity contribution in [1.29, 1.82) is 0 Å². The highest BCUT2D eigenvalue weighted by atomic mass is 16.5. The lowest BCUT2D eigenvalue weighted by Crippen LogP contribution is -2.49. The van der Waals surface area contributed by atoms with E-state index in [1.807, 2.05) is 69.3 Å². The molecule has 0 unspecified atom stereocenters. The van der Waals surface area contributed by atoms with Crippen molar-refractivity contribution >= 4 is 11.8 Å². The van der Waals surface area contributed by atoms with Crippen molar-refractivity contribution in [3.63, 3.8) is 0 Å². The van der Waals surface area contributed by atoms with Crippen molar-refractivity contribution in [3.05, 3.63) is 65.2 Å². The molecule has 0 spiro atoms. The van der Waals surface area contributed by atoms with Crippen LogP contribution in [0, 0.1) is 12.8 Å². The number of carbonyl (C=O) groups is 2. The summed E-state index contributed by atoms with van der Waals surface area (Å²) in [7, 11) is 0. The van der Waals surface area contributed by atoms with Gasteiger partial charge < -0.3 is 15.0 Å². The molecule has 0 bridgehead atoms. The summed E-state index contributed by atoms with van der Waals surface area (Å²) in [5, 5.41) is 2.93. The minimum absolute atomic E-state index is 0.0535. The van der Waals surface area contributed by atoms with E-state index in [1.54, 1.807) is 11.8 Å². The number of amides is 2. The molecule has 2 amide bonds. The predicted octanol–water partition coefficient (Wildman–Crippen LogP) is 4.86. The van der Waals surface area contributed by atoms with Crippen LogP contribution in [0.15, 0.2) is 48.5 Å². The average Bonchev–Trinajstić information content (AvgIpc) is 2.74. The lowest BCUT2D eigenvalue weighted by Gasteiger charge is -2.29. The van der Waals surface area contributed by atoms with Gasteiger partial charge in [0.05, 0.1) is 0 Å². The number of benzene rings is 2. The van der Waals surface area contributed by atoms with Gasteiger partial charge in [0.1, 0.15) is 11.8 Å². The molecule has 1 N–H and O–H groups in total. The maximum atomic E-state index is 13.1. The van der Waals surface area contributed by atoms with Gasteiger partial charge in [-0.2, -0.15) is 0 Å². The van der Waals surface area contributed by atoms with Gasteiger partial charge >= 0.3 is 0 Å². The van der Waals surface area contributed by atoms with Gasteiger partial charge in [-0.1, -0.05) is 76.6 Å². The van der Waals surface area contributed by atoms with Crippen molar-refractivity contribution in [2.45, 2.75) is 66.5 Å². The van der Waals surface area contributed by atoms with Crippen LogP contribution in [-0.4, -0.2) is 35.9 Å². The van der Waals surface area contributed by atoms with Crippen LogP contribution in [0.3, 0.4) is 0 Å². The Morgan fingerprint density at radius 3 is 2.09 bits per heavy atom. The minimum atomic E-state index is -0.602. The van der Waals surface area contributed by atoms with Gasteiger partial charge in [-0.05, 0) is 48.4 Å². The van der Waals surface area contributed by atoms with E-state index in [4.69, 9.17) is 4.74 Å². The first-order valence-corrected chi connectivity index (χ1v) is 11.3. The Morgan fingerprint density at radius 1 is 0.969 bits per heavy atom. The maximum Gasteiger partial charge on any atom is 0.261 e. The monoisotopic (exact) mass is 438 g/mol. The van der Waals surface area contributed by atoms with Gasteiger partial charge in [0.15, 0.2) is 6.61 Å². The molecule has 2 rings (SSSR count). The zero-order chi connectivity index (χ0) is 23.9. The van der Waals surface area contributed by atoms with Gasteiger partial charge in [-0.25, -0.2) is 0 Å². The van der Waals surface area contributed by atoms with Crippen LogP contribution in [-0.2, 0) is 21.5 Å². The van der Waals surface area contributed by atoms with Crippen LogP contribution < -0.4 is 10.1 Å². The van der Waals surface area contributed by atoms with Crippen molar-refractivity contribution in [1.82, 2.24) is 10.2 Å². The molecule has 0 radical (unpaired) electrons. The quantitative estimate of drug-likeness (QED) is 0.608. The molecular formula is C27H38N2O3. The number of nitrogens with one attached hydrogen (secondary N) is 1. The van der Waals surface area contributed by atoms with E-state index >= 15 is 0 Å². The van der Waals surface area contributed by atoms with Crippen molar-refractivity contribution in [2.24, 2.45) is 5.92 Å². The third kappa shape index (κ3) is 7.70. The number of carbonyl (C=O) groups excluding carboxylic acids is 2. The van der Waals surface area contributed by atoms with Crippen molar-refractivity contribution < 1.29 is 14.3 Å². The topological polar surface area (TPSA) is 58.6 Å². The van der Waals surface area contributed by atoms with Crippen LogP contribution in [0.1, 0.15) is 58.2 Å². The molecule has 174 valence electrons. The molecule has 5 heteroatoms. The smallest absolute Gasteiger partial charge is 0.261 e. The van der Waals surface area contributed by atoms with Crippen molar-refractivity contribution in [2.75, 3.05) is 13.2 Å². The highest BCUT2D eigenvalue weighted by Gasteiger charge is 2.26. The molecule has 0 aromatic heterocycles. The molecular weight excluding hydrogens is 400 g/mol. The fourth-order valence-electron chi connectivity index (χ4n) is 3.20. The van der Waals surface area contributed by atoms with Gasteiger partial charge in [0.25, 0.3) is 5.91 Å². The molecule has 0 fully saturated rings. The number of ether oxygens (including phenoxy) is 1. The highest BCUT2D eigenvalue weighted by molar-refractivity contribution is 5.87. The zero-order valence-corrected chi connectivity index (χ0v) is 20.6. The number of aryl methyl sites for hydroxylation is 1. The molecule has 5 nitrogen and oxygen atoms in total. The van der Waals surface area contributed by atoms with Gasteiger partial charge in [-0.15, -0.1) is 0 Å². The second-order valence-electron chi connectivity index (χ2n) is 9.89. The fraction of sp³-hybridized carbons (Fsp3) is 0.481. The molecule has 0 saturated carbocycles. The van der Waals surface area contributed by atoms with Gasteiger partial charge in [-0.3, -0.25) is 9.59 Å². The van der Waals surface area contributed by atoms with Gasteiger partial charge in [0, 0.05) is 13.1 Å². The second kappa shape index (κ2) is 11.2. The molecule has 0 aliphatic rings. The van der Waals surface area contributed by atoms with E-state index in [1.165, 1.54) is 5.56 Å². The Bertz CT molecular complexity index is 881. The summed E-state index contributed by atoms with van der Waals surface area (Å²) in [6, 6.07) is 15.2. The summed E-state index contributed by atoms with van der Waals surface area (Å²) in [4.78, 5) is 27.4. The molecule has 2 aromatic carbocycles. The first-order valence-electron chi connectivity index (χ1n) is 11.3. The summed E-state index contributed by atoms with van der Waals surface area (Å²) in [5.41, 5.74) is 3.38. The van der Waals surface area contributed by atoms with Crippen LogP contribution >= 0.6 is 0 Å². The third-order valence-electron chi connectivity index (χ3n) is 5.41. The van der Waals surface area contributed by atoms with E-state index in [0.717, 1.165) is 11.1 Å². The highest BCUT2D eigenvalue weighted by Crippen LogP contribution is 2.24. The standard InChI is InChI=1S/C27H38N2O3/c1-19(2)16-28-26(31)21(4)29(17-22-10-8-20(3)9-11-22)25(30)18-32-24-14-12-23(13-15-24)27(5,6)7/h8-15,19,21H,16-18H2,1-7H3,(H,28,31)/t21-/m1/s1. The second-order valence-corrected chi connectivity index (χ2v) is 9.89. The largest absolute Gasteiger partial charge is 0.484 e. The van der Waals surface area contributed by atoms with Crippen LogP contribution in [0.25, 0.3) is 0 Å². The average molecular weight is 439 g/mol. The first kappa shape index (κ1) is 25.4. The first-order chi connectivity index (χ1) is 15.0. The maximum absolute atomic E-state index is 13.1. The minimum Gasteiger partial charge on any atom is -0.484 e. The van der Waals surface area contributed by atoms with E-state index < -0.39 is 6.04 Å². The normalized spacial score (nSPS) is 12.4. The Balaban J connectivity index is 2.11. The molecule has 0 saturated heterocycles. The number of hydrogen-bond acceptors (Lipinski definition) is 3. The van der Waals surface area contributed by atoms with Crippen LogP contribution in [0.2, 0.25) is 0 Å². The Labute approximate surface area is 193 Å². The van der Waals surface area contributed by atoms with Crippen LogP contribution in [0.4, 0.5) is 0 Å². The van der Waals surface area contributed by atoms with E-state index in [0.29, 0.717) is 24.8 Å². The molecule has 1 atom stereocenters. The Morgan fingerprint density at radius 2 is 1.56 bits per heavy atom. The number of nitrogens with zero attached hydrogens (tertiary/aromatic N) is 1. The van der Waals surface area contributed by atoms with E-state index in [9.17, 15) is 9.59 Å². The Hall–Kier alpha value is -2.82. The molecule has 0 aliphatic heterocycles. The SMILES string of the molecule is Cc1ccc(CN(C(=O)COc2ccc(C(C)(C)C)cc2)[C@H](C)C(=O)NCC(C)C)cc1. The Kier molecular flexibility index (Phi) is 8.88. The lowest BCUT2D eigenvalue weighted by molar-refractivity contribution is -0.142. The van der Waals surface area contributed by atoms with Gasteiger partial charge in [0.2, 0.25) is 5.91 Å². The molecule has 0 aliphatic carbocycles. The summed E-state index contributed by atoms with van der Waals surface area (Å²) in [6.45, 7) is 15.1. The van der Waals surface area contributed by atoms with E-state index in [-0.39, 0.29) is 23.8 Å². The number of rotatable bonds is 9. The summed E-state index contributed by atoms with van der Waals surface area (Å²) >= 11 is 0. The lowest BCUT2D eigenvalue weighted by atomic mass is 9.87. The predicted molar refractivity (Wildman–Crippen MR) is 130 cm³/mol. The zero-order valence-electron chi connectivity index (χ0n) is 20.6. The van der Waals surface area contributed by atoms with E-state index in [2.05, 4.69) is 26.1 Å². The summed E-state index contributed by atoms with van der Waals surface area (Å²) < 4.78 is 5.78. The summed E-state index contributed by atoms with van der Waals surface area (Å²) in [6.07, 6.45) is 0. The molecule has 2 aromatic rings. The summed E-state index contributed by atoms with van der Waals surface area (Å²) in [5.74, 6) is 0.594. The fourth-order valence-corrected chi connectivity index (χ4v) is 3.20. The van der Waals surface area contributed by atoms with Crippen LogP contribution in [0.5, 0.6) is 5.75 Å². The third-order valence-corrected chi connectivity index (χ3v) is 5.41. The molecule has 32 heavy (non-hydrogen) atoms. The van der Waals surface area contributed by atoms with Crippen molar-refractivity contribution in [3.8, 4) is 5.75 Å².